The van der Waals surface area contributed by atoms with Crippen LogP contribution in [0.5, 0.6) is 0 Å². The lowest BCUT2D eigenvalue weighted by Crippen LogP contribution is -2.43. The van der Waals surface area contributed by atoms with Crippen LogP contribution in [0.2, 0.25) is 0 Å². The number of fused-ring (bicyclic) bond motifs is 1. The molecule has 0 aromatic heterocycles. The molecular weight excluding hydrogens is 168 g/mol. The first-order chi connectivity index (χ1) is 6.44. The minimum atomic E-state index is 0.574. The maximum atomic E-state index is 2.52. The third kappa shape index (κ3) is 1.53. The van der Waals surface area contributed by atoms with E-state index in [1.54, 1.807) is 5.57 Å². The average molecular weight is 192 g/mol. The lowest BCUT2D eigenvalue weighted by molar-refractivity contribution is -0.00253. The predicted molar refractivity (Wildman–Crippen MR) is 62.2 cm³/mol. The second-order valence-corrected chi connectivity index (χ2v) is 6.51. The SMILES string of the molecule is CC1=CCC2C(C)(C)CCC[C@]2(C)C1. The fourth-order valence-corrected chi connectivity index (χ4v) is 4.08. The summed E-state index contributed by atoms with van der Waals surface area (Å²) in [5.74, 6) is 0.924. The second kappa shape index (κ2) is 3.12. The number of hydrogen-bond donors (Lipinski definition) is 0. The van der Waals surface area contributed by atoms with Crippen LogP contribution in [0.15, 0.2) is 11.6 Å². The number of rotatable bonds is 0. The van der Waals surface area contributed by atoms with E-state index in [1.807, 2.05) is 0 Å². The Morgan fingerprint density at radius 1 is 1.21 bits per heavy atom. The van der Waals surface area contributed by atoms with E-state index < -0.39 is 0 Å². The fraction of sp³-hybridized carbons (Fsp3) is 0.857. The summed E-state index contributed by atoms with van der Waals surface area (Å²) in [4.78, 5) is 0. The molecule has 0 amide bonds. The molecule has 0 N–H and O–H groups in total. The molecule has 2 aliphatic rings. The van der Waals surface area contributed by atoms with Crippen LogP contribution >= 0.6 is 0 Å². The van der Waals surface area contributed by atoms with Crippen molar-refractivity contribution in [3.63, 3.8) is 0 Å². The summed E-state index contributed by atoms with van der Waals surface area (Å²) in [5, 5.41) is 0. The molecule has 14 heavy (non-hydrogen) atoms. The third-order valence-corrected chi connectivity index (χ3v) is 4.74. The van der Waals surface area contributed by atoms with Gasteiger partial charge in [0.1, 0.15) is 0 Å². The highest BCUT2D eigenvalue weighted by molar-refractivity contribution is 5.13. The molecule has 0 nitrogen and oxygen atoms in total. The van der Waals surface area contributed by atoms with Crippen molar-refractivity contribution in [1.29, 1.82) is 0 Å². The number of hydrogen-bond acceptors (Lipinski definition) is 0. The van der Waals surface area contributed by atoms with Gasteiger partial charge in [0.2, 0.25) is 0 Å². The Bertz CT molecular complexity index is 259. The summed E-state index contributed by atoms with van der Waals surface area (Å²) >= 11 is 0. The molecule has 1 unspecified atom stereocenters. The fourth-order valence-electron chi connectivity index (χ4n) is 4.08. The Kier molecular flexibility index (Phi) is 2.28. The first-order valence-electron chi connectivity index (χ1n) is 6.10. The summed E-state index contributed by atoms with van der Waals surface area (Å²) < 4.78 is 0. The van der Waals surface area contributed by atoms with E-state index in [4.69, 9.17) is 0 Å². The van der Waals surface area contributed by atoms with E-state index in [9.17, 15) is 0 Å². The molecule has 1 saturated carbocycles. The molecule has 2 rings (SSSR count). The lowest BCUT2D eigenvalue weighted by Gasteiger charge is -2.53. The van der Waals surface area contributed by atoms with Crippen molar-refractivity contribution in [2.24, 2.45) is 16.7 Å². The molecule has 1 fully saturated rings. The minimum Gasteiger partial charge on any atom is -0.0853 e. The summed E-state index contributed by atoms with van der Waals surface area (Å²) in [6.45, 7) is 9.78. The van der Waals surface area contributed by atoms with Gasteiger partial charge in [-0.2, -0.15) is 0 Å². The normalized spacial score (nSPS) is 41.4. The molecule has 0 aromatic carbocycles. The molecule has 0 aliphatic heterocycles. The summed E-state index contributed by atoms with van der Waals surface area (Å²) in [6.07, 6.45) is 9.48. The molecule has 0 bridgehead atoms. The molecular formula is C14H24. The Balaban J connectivity index is 2.30. The molecule has 0 heterocycles. The Hall–Kier alpha value is -0.260. The van der Waals surface area contributed by atoms with E-state index >= 15 is 0 Å². The molecule has 0 aromatic rings. The van der Waals surface area contributed by atoms with Crippen molar-refractivity contribution >= 4 is 0 Å². The van der Waals surface area contributed by atoms with E-state index in [1.165, 1.54) is 32.1 Å². The van der Waals surface area contributed by atoms with Gasteiger partial charge in [-0.1, -0.05) is 38.8 Å². The van der Waals surface area contributed by atoms with Gasteiger partial charge in [-0.15, -0.1) is 0 Å². The van der Waals surface area contributed by atoms with Gasteiger partial charge < -0.3 is 0 Å². The van der Waals surface area contributed by atoms with E-state index in [2.05, 4.69) is 33.8 Å². The van der Waals surface area contributed by atoms with Gasteiger partial charge in [0.25, 0.3) is 0 Å². The van der Waals surface area contributed by atoms with Crippen molar-refractivity contribution in [3.05, 3.63) is 11.6 Å². The largest absolute Gasteiger partial charge is 0.0853 e. The maximum Gasteiger partial charge on any atom is -0.0252 e. The average Bonchev–Trinajstić information content (AvgIpc) is 2.00. The zero-order valence-corrected chi connectivity index (χ0v) is 10.2. The first kappa shape index (κ1) is 10.3. The van der Waals surface area contributed by atoms with Crippen molar-refractivity contribution in [1.82, 2.24) is 0 Å². The number of allylic oxidation sites excluding steroid dienone is 2. The van der Waals surface area contributed by atoms with Gasteiger partial charge in [-0.3, -0.25) is 0 Å². The van der Waals surface area contributed by atoms with Gasteiger partial charge in [-0.05, 0) is 49.4 Å². The van der Waals surface area contributed by atoms with Crippen LogP contribution in [0.3, 0.4) is 0 Å². The molecule has 0 spiro atoms. The van der Waals surface area contributed by atoms with Crippen LogP contribution in [-0.4, -0.2) is 0 Å². The Labute approximate surface area is 88.8 Å². The lowest BCUT2D eigenvalue weighted by atomic mass is 9.52. The highest BCUT2D eigenvalue weighted by Gasteiger charge is 2.46. The first-order valence-corrected chi connectivity index (χ1v) is 6.10. The molecule has 2 atom stereocenters. The van der Waals surface area contributed by atoms with Crippen LogP contribution in [0.4, 0.5) is 0 Å². The third-order valence-electron chi connectivity index (χ3n) is 4.74. The molecule has 0 saturated heterocycles. The van der Waals surface area contributed by atoms with E-state index in [0.717, 1.165) is 5.92 Å². The zero-order chi connectivity index (χ0) is 10.4. The summed E-state index contributed by atoms with van der Waals surface area (Å²) in [5.41, 5.74) is 2.81. The van der Waals surface area contributed by atoms with Crippen molar-refractivity contribution in [2.45, 2.75) is 59.8 Å². The second-order valence-electron chi connectivity index (χ2n) is 6.51. The standard InChI is InChI=1S/C14H24/c1-11-6-7-12-13(2,3)8-5-9-14(12,4)10-11/h6,12H,5,7-10H2,1-4H3/t12?,14-/m1/s1. The van der Waals surface area contributed by atoms with Crippen LogP contribution in [0, 0.1) is 16.7 Å². The highest BCUT2D eigenvalue weighted by Crippen LogP contribution is 2.57. The van der Waals surface area contributed by atoms with Gasteiger partial charge in [-0.25, -0.2) is 0 Å². The van der Waals surface area contributed by atoms with Gasteiger partial charge in [0, 0.05) is 0 Å². The van der Waals surface area contributed by atoms with Crippen LogP contribution in [0.25, 0.3) is 0 Å². The molecule has 80 valence electrons. The van der Waals surface area contributed by atoms with Crippen molar-refractivity contribution in [3.8, 4) is 0 Å². The van der Waals surface area contributed by atoms with Crippen molar-refractivity contribution in [2.75, 3.05) is 0 Å². The highest BCUT2D eigenvalue weighted by atomic mass is 14.5. The molecule has 0 radical (unpaired) electrons. The Morgan fingerprint density at radius 2 is 1.93 bits per heavy atom. The monoisotopic (exact) mass is 192 g/mol. The van der Waals surface area contributed by atoms with Crippen LogP contribution < -0.4 is 0 Å². The predicted octanol–water partition coefficient (Wildman–Crippen LogP) is 4.56. The summed E-state index contributed by atoms with van der Waals surface area (Å²) in [6, 6.07) is 0. The zero-order valence-electron chi connectivity index (χ0n) is 10.2. The van der Waals surface area contributed by atoms with Gasteiger partial charge >= 0.3 is 0 Å². The maximum absolute atomic E-state index is 2.52. The smallest absolute Gasteiger partial charge is 0.0252 e. The van der Waals surface area contributed by atoms with E-state index in [-0.39, 0.29) is 0 Å². The van der Waals surface area contributed by atoms with Gasteiger partial charge in [0.05, 0.1) is 0 Å². The minimum absolute atomic E-state index is 0.574. The topological polar surface area (TPSA) is 0 Å². The quantitative estimate of drug-likeness (QED) is 0.494. The van der Waals surface area contributed by atoms with Crippen molar-refractivity contribution < 1.29 is 0 Å². The van der Waals surface area contributed by atoms with E-state index in [0.29, 0.717) is 10.8 Å². The Morgan fingerprint density at radius 3 is 2.64 bits per heavy atom. The summed E-state index contributed by atoms with van der Waals surface area (Å²) in [7, 11) is 0. The molecule has 0 heteroatoms. The van der Waals surface area contributed by atoms with Crippen LogP contribution in [0.1, 0.15) is 59.8 Å². The van der Waals surface area contributed by atoms with Crippen LogP contribution in [-0.2, 0) is 0 Å². The van der Waals surface area contributed by atoms with Gasteiger partial charge in [0.15, 0.2) is 0 Å². The molecule has 2 aliphatic carbocycles.